The fraction of sp³-hybridized carbons (Fsp3) is 0.538. The summed E-state index contributed by atoms with van der Waals surface area (Å²) in [6.45, 7) is 5.44. The average molecular weight is 234 g/mol. The Labute approximate surface area is 101 Å². The van der Waals surface area contributed by atoms with E-state index in [1.807, 2.05) is 25.5 Å². The van der Waals surface area contributed by atoms with Gasteiger partial charge in [-0.05, 0) is 32.3 Å². The highest BCUT2D eigenvalue weighted by Gasteiger charge is 2.28. The highest BCUT2D eigenvalue weighted by molar-refractivity contribution is 6.03. The fourth-order valence-corrected chi connectivity index (χ4v) is 2.60. The first-order chi connectivity index (χ1) is 7.93. The summed E-state index contributed by atoms with van der Waals surface area (Å²) in [6.07, 6.45) is 1.66. The zero-order valence-electron chi connectivity index (χ0n) is 10.8. The van der Waals surface area contributed by atoms with Crippen molar-refractivity contribution >= 4 is 11.7 Å². The second-order valence-corrected chi connectivity index (χ2v) is 4.82. The molecule has 4 nitrogen and oxygen atoms in total. The monoisotopic (exact) mass is 234 g/mol. The molecular formula is C13H18N2O2. The molecule has 0 radical (unpaired) electrons. The Balaban J connectivity index is 2.66. The third kappa shape index (κ3) is 1.77. The molecular weight excluding hydrogens is 216 g/mol. The maximum Gasteiger partial charge on any atom is 0.253 e. The number of nitrogens with one attached hydrogen (secondary N) is 1. The van der Waals surface area contributed by atoms with Crippen molar-refractivity contribution in [1.29, 1.82) is 0 Å². The standard InChI is InChI=1S/C13H18N2O2/c1-7-5-6-10-11(13(17)14-7)8(2)15(4)12(10)9(3)16/h7H,5-6H2,1-4H3,(H,14,17). The van der Waals surface area contributed by atoms with E-state index in [2.05, 4.69) is 5.32 Å². The predicted octanol–water partition coefficient (Wildman–Crippen LogP) is 1.60. The molecule has 17 heavy (non-hydrogen) atoms. The predicted molar refractivity (Wildman–Crippen MR) is 65.4 cm³/mol. The van der Waals surface area contributed by atoms with Crippen molar-refractivity contribution in [2.24, 2.45) is 7.05 Å². The number of Topliss-reactive ketones (excluding diaryl/α,β-unsaturated/α-hetero) is 1. The Bertz CT molecular complexity index is 500. The van der Waals surface area contributed by atoms with Gasteiger partial charge in [-0.3, -0.25) is 9.59 Å². The Morgan fingerprint density at radius 1 is 1.47 bits per heavy atom. The molecule has 1 aliphatic rings. The molecule has 4 heteroatoms. The summed E-state index contributed by atoms with van der Waals surface area (Å²) in [5, 5.41) is 2.95. The second kappa shape index (κ2) is 4.02. The van der Waals surface area contributed by atoms with Crippen LogP contribution in [0.4, 0.5) is 0 Å². The lowest BCUT2D eigenvalue weighted by Gasteiger charge is -2.10. The first-order valence-corrected chi connectivity index (χ1v) is 5.93. The van der Waals surface area contributed by atoms with Crippen molar-refractivity contribution in [1.82, 2.24) is 9.88 Å². The van der Waals surface area contributed by atoms with Gasteiger partial charge in [0.2, 0.25) is 0 Å². The van der Waals surface area contributed by atoms with Gasteiger partial charge in [-0.1, -0.05) is 0 Å². The van der Waals surface area contributed by atoms with Crippen LogP contribution in [-0.2, 0) is 13.5 Å². The van der Waals surface area contributed by atoms with E-state index in [4.69, 9.17) is 0 Å². The Morgan fingerprint density at radius 2 is 2.12 bits per heavy atom. The molecule has 0 aromatic carbocycles. The van der Waals surface area contributed by atoms with Gasteiger partial charge in [0.15, 0.2) is 5.78 Å². The molecule has 2 heterocycles. The largest absolute Gasteiger partial charge is 0.350 e. The highest BCUT2D eigenvalue weighted by Crippen LogP contribution is 2.26. The Hall–Kier alpha value is -1.58. The summed E-state index contributed by atoms with van der Waals surface area (Å²) in [6, 6.07) is 0.166. The summed E-state index contributed by atoms with van der Waals surface area (Å²) in [5.41, 5.74) is 3.17. The summed E-state index contributed by atoms with van der Waals surface area (Å²) in [7, 11) is 1.84. The second-order valence-electron chi connectivity index (χ2n) is 4.82. The fourth-order valence-electron chi connectivity index (χ4n) is 2.60. The minimum absolute atomic E-state index is 0.0270. The lowest BCUT2D eigenvalue weighted by Crippen LogP contribution is -2.31. The van der Waals surface area contributed by atoms with Crippen LogP contribution < -0.4 is 5.32 Å². The first-order valence-electron chi connectivity index (χ1n) is 5.93. The van der Waals surface area contributed by atoms with Gasteiger partial charge in [-0.25, -0.2) is 0 Å². The van der Waals surface area contributed by atoms with E-state index >= 15 is 0 Å². The van der Waals surface area contributed by atoms with Crippen LogP contribution in [0.3, 0.4) is 0 Å². The van der Waals surface area contributed by atoms with E-state index in [9.17, 15) is 9.59 Å². The van der Waals surface area contributed by atoms with Crippen molar-refractivity contribution in [2.75, 3.05) is 0 Å². The topological polar surface area (TPSA) is 51.1 Å². The van der Waals surface area contributed by atoms with Crippen LogP contribution in [0.15, 0.2) is 0 Å². The van der Waals surface area contributed by atoms with Gasteiger partial charge in [-0.2, -0.15) is 0 Å². The molecule has 0 spiro atoms. The number of hydrogen-bond donors (Lipinski definition) is 1. The average Bonchev–Trinajstić information content (AvgIpc) is 2.38. The number of carbonyl (C=O) groups excluding carboxylic acids is 2. The minimum atomic E-state index is -0.0504. The van der Waals surface area contributed by atoms with E-state index in [1.54, 1.807) is 6.92 Å². The number of nitrogens with zero attached hydrogens (tertiary/aromatic N) is 1. The van der Waals surface area contributed by atoms with Gasteiger partial charge >= 0.3 is 0 Å². The van der Waals surface area contributed by atoms with Crippen molar-refractivity contribution in [3.63, 3.8) is 0 Å². The van der Waals surface area contributed by atoms with Crippen molar-refractivity contribution < 1.29 is 9.59 Å². The lowest BCUT2D eigenvalue weighted by atomic mass is 10.0. The number of carbonyl (C=O) groups is 2. The number of ketones is 1. The van der Waals surface area contributed by atoms with E-state index in [0.29, 0.717) is 11.3 Å². The van der Waals surface area contributed by atoms with Crippen LogP contribution in [0.1, 0.15) is 52.4 Å². The molecule has 2 rings (SSSR count). The summed E-state index contributed by atoms with van der Waals surface area (Å²) in [5.74, 6) is -0.0233. The number of amides is 1. The summed E-state index contributed by atoms with van der Waals surface area (Å²) < 4.78 is 1.84. The van der Waals surface area contributed by atoms with Crippen molar-refractivity contribution in [3.8, 4) is 0 Å². The first kappa shape index (κ1) is 11.9. The molecule has 1 N–H and O–H groups in total. The van der Waals surface area contributed by atoms with Crippen LogP contribution in [0.2, 0.25) is 0 Å². The van der Waals surface area contributed by atoms with E-state index in [1.165, 1.54) is 0 Å². The van der Waals surface area contributed by atoms with Gasteiger partial charge in [0, 0.05) is 25.7 Å². The maximum atomic E-state index is 12.1. The molecule has 1 amide bonds. The summed E-state index contributed by atoms with van der Waals surface area (Å²) in [4.78, 5) is 23.8. The summed E-state index contributed by atoms with van der Waals surface area (Å²) >= 11 is 0. The van der Waals surface area contributed by atoms with Crippen LogP contribution in [0.25, 0.3) is 0 Å². The van der Waals surface area contributed by atoms with E-state index < -0.39 is 0 Å². The third-order valence-electron chi connectivity index (χ3n) is 3.55. The minimum Gasteiger partial charge on any atom is -0.350 e. The third-order valence-corrected chi connectivity index (χ3v) is 3.55. The van der Waals surface area contributed by atoms with Crippen LogP contribution >= 0.6 is 0 Å². The van der Waals surface area contributed by atoms with Crippen molar-refractivity contribution in [3.05, 3.63) is 22.5 Å². The molecule has 0 bridgehead atoms. The number of fused-ring (bicyclic) bond motifs is 1. The van der Waals surface area contributed by atoms with Gasteiger partial charge in [0.1, 0.15) is 0 Å². The van der Waals surface area contributed by atoms with Crippen LogP contribution in [-0.4, -0.2) is 22.3 Å². The molecule has 1 aliphatic heterocycles. The lowest BCUT2D eigenvalue weighted by molar-refractivity contribution is 0.0941. The van der Waals surface area contributed by atoms with Gasteiger partial charge < -0.3 is 9.88 Å². The molecule has 1 aromatic rings. The SMILES string of the molecule is CC(=O)c1c2c(c(C)n1C)C(=O)NC(C)CC2. The maximum absolute atomic E-state index is 12.1. The molecule has 0 saturated heterocycles. The number of hydrogen-bond acceptors (Lipinski definition) is 2. The molecule has 1 unspecified atom stereocenters. The normalized spacial score (nSPS) is 19.5. The van der Waals surface area contributed by atoms with Crippen LogP contribution in [0.5, 0.6) is 0 Å². The van der Waals surface area contributed by atoms with E-state index in [0.717, 1.165) is 24.1 Å². The zero-order chi connectivity index (χ0) is 12.7. The van der Waals surface area contributed by atoms with E-state index in [-0.39, 0.29) is 17.7 Å². The van der Waals surface area contributed by atoms with Gasteiger partial charge in [-0.15, -0.1) is 0 Å². The smallest absolute Gasteiger partial charge is 0.253 e. The molecule has 1 aromatic heterocycles. The molecule has 92 valence electrons. The zero-order valence-corrected chi connectivity index (χ0v) is 10.8. The quantitative estimate of drug-likeness (QED) is 0.750. The molecule has 0 aliphatic carbocycles. The van der Waals surface area contributed by atoms with Crippen molar-refractivity contribution in [2.45, 2.75) is 39.7 Å². The molecule has 1 atom stereocenters. The van der Waals surface area contributed by atoms with Crippen LogP contribution in [0, 0.1) is 6.92 Å². The highest BCUT2D eigenvalue weighted by atomic mass is 16.2. The number of aromatic nitrogens is 1. The number of rotatable bonds is 1. The van der Waals surface area contributed by atoms with Gasteiger partial charge in [0.05, 0.1) is 11.3 Å². The Morgan fingerprint density at radius 3 is 2.71 bits per heavy atom. The molecule has 0 fully saturated rings. The Kier molecular flexibility index (Phi) is 2.81. The van der Waals surface area contributed by atoms with Gasteiger partial charge in [0.25, 0.3) is 5.91 Å². The molecule has 0 saturated carbocycles.